The van der Waals surface area contributed by atoms with Gasteiger partial charge in [0.05, 0.1) is 11.0 Å². The molecule has 0 aliphatic rings. The molecular formula is C10H15ClO3S. The average molecular weight is 251 g/mol. The van der Waals surface area contributed by atoms with Crippen LogP contribution < -0.4 is 0 Å². The first-order valence-corrected chi connectivity index (χ1v) is 6.01. The third-order valence-corrected chi connectivity index (χ3v) is 3.37. The zero-order valence-corrected chi connectivity index (χ0v) is 10.6. The normalized spacial score (nSPS) is 13.4. The van der Waals surface area contributed by atoms with E-state index >= 15 is 0 Å². The molecule has 1 rings (SSSR count). The van der Waals surface area contributed by atoms with Crippen LogP contribution in [0, 0.1) is 0 Å². The number of hydrogen-bond donors (Lipinski definition) is 0. The fourth-order valence-corrected chi connectivity index (χ4v) is 2.32. The zero-order chi connectivity index (χ0) is 11.3. The molecule has 0 bridgehead atoms. The first kappa shape index (κ1) is 12.9. The number of rotatable bonds is 6. The van der Waals surface area contributed by atoms with Crippen molar-refractivity contribution in [1.82, 2.24) is 0 Å². The van der Waals surface area contributed by atoms with Gasteiger partial charge < -0.3 is 13.9 Å². The molecule has 0 radical (unpaired) electrons. The summed E-state index contributed by atoms with van der Waals surface area (Å²) in [6, 6.07) is 3.61. The number of ether oxygens (including phenoxy) is 2. The van der Waals surface area contributed by atoms with Crippen LogP contribution in [0.2, 0.25) is 5.22 Å². The van der Waals surface area contributed by atoms with E-state index in [9.17, 15) is 0 Å². The van der Waals surface area contributed by atoms with Gasteiger partial charge in [-0.25, -0.2) is 0 Å². The first-order valence-electron chi connectivity index (χ1n) is 4.58. The lowest BCUT2D eigenvalue weighted by atomic mass is 10.5. The van der Waals surface area contributed by atoms with E-state index in [0.29, 0.717) is 5.22 Å². The molecule has 0 amide bonds. The van der Waals surface area contributed by atoms with Crippen molar-refractivity contribution in [3.05, 3.63) is 23.1 Å². The lowest BCUT2D eigenvalue weighted by Gasteiger charge is -2.19. The van der Waals surface area contributed by atoms with E-state index in [-0.39, 0.29) is 11.5 Å². The predicted molar refractivity (Wildman–Crippen MR) is 62.3 cm³/mol. The second-order valence-electron chi connectivity index (χ2n) is 3.06. The van der Waals surface area contributed by atoms with Gasteiger partial charge in [-0.05, 0) is 30.7 Å². The van der Waals surface area contributed by atoms with Gasteiger partial charge in [0.1, 0.15) is 5.76 Å². The third-order valence-electron chi connectivity index (χ3n) is 1.97. The Morgan fingerprint density at radius 1 is 1.40 bits per heavy atom. The molecule has 5 heteroatoms. The number of methoxy groups -OCH3 is 2. The summed E-state index contributed by atoms with van der Waals surface area (Å²) in [5.41, 5.74) is 0. The van der Waals surface area contributed by atoms with Crippen LogP contribution in [-0.4, -0.2) is 25.8 Å². The van der Waals surface area contributed by atoms with Crippen LogP contribution in [-0.2, 0) is 15.2 Å². The van der Waals surface area contributed by atoms with Crippen LogP contribution in [0.4, 0.5) is 0 Å². The molecule has 15 heavy (non-hydrogen) atoms. The maximum absolute atomic E-state index is 5.67. The average Bonchev–Trinajstić information content (AvgIpc) is 2.63. The number of furan rings is 1. The van der Waals surface area contributed by atoms with Crippen molar-refractivity contribution in [2.45, 2.75) is 24.2 Å². The largest absolute Gasteiger partial charge is 0.449 e. The van der Waals surface area contributed by atoms with Crippen molar-refractivity contribution >= 4 is 23.4 Å². The number of halogens is 1. The van der Waals surface area contributed by atoms with E-state index in [1.165, 1.54) is 0 Å². The van der Waals surface area contributed by atoms with E-state index in [0.717, 1.165) is 11.5 Å². The number of thioether (sulfide) groups is 1. The Morgan fingerprint density at radius 2 is 2.07 bits per heavy atom. The predicted octanol–water partition coefficient (Wildman–Crippen LogP) is 3.17. The fourth-order valence-electron chi connectivity index (χ4n) is 1.20. The van der Waals surface area contributed by atoms with Crippen LogP contribution in [0.1, 0.15) is 12.7 Å². The Bertz CT molecular complexity index is 286. The van der Waals surface area contributed by atoms with Crippen molar-refractivity contribution in [1.29, 1.82) is 0 Å². The summed E-state index contributed by atoms with van der Waals surface area (Å²) < 4.78 is 15.6. The molecule has 1 unspecified atom stereocenters. The van der Waals surface area contributed by atoms with Gasteiger partial charge in [0.2, 0.25) is 0 Å². The molecule has 1 heterocycles. The molecule has 0 N–H and O–H groups in total. The molecule has 0 aromatic carbocycles. The van der Waals surface area contributed by atoms with E-state index < -0.39 is 0 Å². The third kappa shape index (κ3) is 4.07. The van der Waals surface area contributed by atoms with Gasteiger partial charge >= 0.3 is 0 Å². The summed E-state index contributed by atoms with van der Waals surface area (Å²) in [5, 5.41) is 0.664. The van der Waals surface area contributed by atoms with Gasteiger partial charge in [-0.1, -0.05) is 0 Å². The fraction of sp³-hybridized carbons (Fsp3) is 0.600. The molecule has 86 valence electrons. The minimum Gasteiger partial charge on any atom is -0.449 e. The minimum absolute atomic E-state index is 0.194. The molecule has 3 nitrogen and oxygen atoms in total. The van der Waals surface area contributed by atoms with Crippen LogP contribution in [0.5, 0.6) is 0 Å². The van der Waals surface area contributed by atoms with Crippen LogP contribution in [0.15, 0.2) is 16.5 Å². The van der Waals surface area contributed by atoms with E-state index in [1.807, 2.05) is 13.0 Å². The second kappa shape index (κ2) is 6.43. The summed E-state index contributed by atoms with van der Waals surface area (Å²) in [6.45, 7) is 2.05. The van der Waals surface area contributed by atoms with Crippen molar-refractivity contribution in [3.63, 3.8) is 0 Å². The highest BCUT2D eigenvalue weighted by molar-refractivity contribution is 7.99. The topological polar surface area (TPSA) is 31.6 Å². The molecule has 0 spiro atoms. The van der Waals surface area contributed by atoms with Crippen molar-refractivity contribution in [3.8, 4) is 0 Å². The maximum atomic E-state index is 5.67. The van der Waals surface area contributed by atoms with Gasteiger partial charge in [0.25, 0.3) is 0 Å². The molecule has 0 fully saturated rings. The SMILES string of the molecule is COC(OC)C(C)SCc1ccc(Cl)o1. The molecule has 0 aliphatic carbocycles. The zero-order valence-electron chi connectivity index (χ0n) is 9.03. The molecule has 1 aromatic rings. The van der Waals surface area contributed by atoms with Gasteiger partial charge in [0, 0.05) is 14.2 Å². The lowest BCUT2D eigenvalue weighted by molar-refractivity contribution is -0.0988. The van der Waals surface area contributed by atoms with Gasteiger partial charge in [0.15, 0.2) is 11.5 Å². The maximum Gasteiger partial charge on any atom is 0.193 e. The van der Waals surface area contributed by atoms with Crippen molar-refractivity contribution in [2.75, 3.05) is 14.2 Å². The summed E-state index contributed by atoms with van der Waals surface area (Å²) in [5.74, 6) is 1.62. The van der Waals surface area contributed by atoms with Crippen molar-refractivity contribution in [2.24, 2.45) is 0 Å². The van der Waals surface area contributed by atoms with Crippen LogP contribution in [0.3, 0.4) is 0 Å². The Balaban J connectivity index is 2.36. The molecule has 0 saturated heterocycles. The molecule has 0 saturated carbocycles. The Kier molecular flexibility index (Phi) is 5.53. The Labute approximate surface area is 99.1 Å². The smallest absolute Gasteiger partial charge is 0.193 e. The minimum atomic E-state index is -0.194. The van der Waals surface area contributed by atoms with E-state index in [4.69, 9.17) is 25.5 Å². The van der Waals surface area contributed by atoms with E-state index in [2.05, 4.69) is 0 Å². The summed E-state index contributed by atoms with van der Waals surface area (Å²) in [7, 11) is 3.27. The highest BCUT2D eigenvalue weighted by atomic mass is 35.5. The monoisotopic (exact) mass is 250 g/mol. The lowest BCUT2D eigenvalue weighted by Crippen LogP contribution is -2.24. The quantitative estimate of drug-likeness (QED) is 0.726. The van der Waals surface area contributed by atoms with Gasteiger partial charge in [-0.3, -0.25) is 0 Å². The summed E-state index contributed by atoms with van der Waals surface area (Å²) in [4.78, 5) is 0. The highest BCUT2D eigenvalue weighted by Crippen LogP contribution is 2.24. The molecule has 0 aliphatic heterocycles. The second-order valence-corrected chi connectivity index (χ2v) is 4.80. The Hall–Kier alpha value is -0.160. The van der Waals surface area contributed by atoms with Gasteiger partial charge in [-0.2, -0.15) is 0 Å². The standard InChI is InChI=1S/C10H15ClO3S/c1-7(10(12-2)13-3)15-6-8-4-5-9(11)14-8/h4-5,7,10H,6H2,1-3H3. The van der Waals surface area contributed by atoms with Gasteiger partial charge in [-0.15, -0.1) is 11.8 Å². The molecule has 1 aromatic heterocycles. The molecular weight excluding hydrogens is 236 g/mol. The van der Waals surface area contributed by atoms with E-state index in [1.54, 1.807) is 32.0 Å². The first-order chi connectivity index (χ1) is 7.17. The van der Waals surface area contributed by atoms with Crippen molar-refractivity contribution < 1.29 is 13.9 Å². The number of hydrogen-bond acceptors (Lipinski definition) is 4. The highest BCUT2D eigenvalue weighted by Gasteiger charge is 2.16. The summed E-state index contributed by atoms with van der Waals surface area (Å²) >= 11 is 7.37. The molecule has 1 atom stereocenters. The van der Waals surface area contributed by atoms with Crippen LogP contribution in [0.25, 0.3) is 0 Å². The van der Waals surface area contributed by atoms with Crippen LogP contribution >= 0.6 is 23.4 Å². The Morgan fingerprint density at radius 3 is 2.53 bits per heavy atom. The summed E-state index contributed by atoms with van der Waals surface area (Å²) in [6.07, 6.45) is -0.194.